The summed E-state index contributed by atoms with van der Waals surface area (Å²) >= 11 is 0. The molecule has 2 unspecified atom stereocenters. The van der Waals surface area contributed by atoms with Gasteiger partial charge in [0.1, 0.15) is 12.2 Å². The normalized spacial score (nSPS) is 20.9. The molecule has 1 fully saturated rings. The first-order valence-electron chi connectivity index (χ1n) is 6.32. The maximum atomic E-state index is 10.9. The molecule has 0 radical (unpaired) electrons. The summed E-state index contributed by atoms with van der Waals surface area (Å²) in [6, 6.07) is 18.0. The van der Waals surface area contributed by atoms with Crippen LogP contribution >= 0.6 is 0 Å². The summed E-state index contributed by atoms with van der Waals surface area (Å²) in [7, 11) is 0. The van der Waals surface area contributed by atoms with Crippen molar-refractivity contribution in [2.75, 3.05) is 5.32 Å². The molecule has 0 aliphatic carbocycles. The van der Waals surface area contributed by atoms with Crippen molar-refractivity contribution >= 4 is 11.6 Å². The highest BCUT2D eigenvalue weighted by molar-refractivity contribution is 5.88. The molecule has 2 aromatic carbocycles. The first-order valence-corrected chi connectivity index (χ1v) is 6.32. The Bertz CT molecular complexity index is 577. The van der Waals surface area contributed by atoms with Gasteiger partial charge in [0, 0.05) is 12.6 Å². The van der Waals surface area contributed by atoms with Gasteiger partial charge in [-0.15, -0.1) is 0 Å². The third-order valence-corrected chi connectivity index (χ3v) is 3.18. The molecule has 1 N–H and O–H groups in total. The van der Waals surface area contributed by atoms with E-state index in [0.29, 0.717) is 0 Å². The number of amides is 1. The van der Waals surface area contributed by atoms with Gasteiger partial charge < -0.3 is 10.1 Å². The lowest BCUT2D eigenvalue weighted by molar-refractivity contribution is -0.114. The summed E-state index contributed by atoms with van der Waals surface area (Å²) in [4.78, 5) is 10.9. The molecule has 1 aliphatic rings. The fraction of sp³-hybridized carbons (Fsp3) is 0.188. The van der Waals surface area contributed by atoms with Gasteiger partial charge in [-0.05, 0) is 23.3 Å². The molecular formula is C16H15NO2. The minimum Gasteiger partial charge on any atom is -0.359 e. The van der Waals surface area contributed by atoms with Crippen LogP contribution in [0.4, 0.5) is 5.69 Å². The highest BCUT2D eigenvalue weighted by Crippen LogP contribution is 2.50. The second kappa shape index (κ2) is 4.86. The van der Waals surface area contributed by atoms with Crippen molar-refractivity contribution in [3.05, 3.63) is 65.7 Å². The Kier molecular flexibility index (Phi) is 3.05. The van der Waals surface area contributed by atoms with E-state index in [9.17, 15) is 4.79 Å². The van der Waals surface area contributed by atoms with Crippen LogP contribution in [0, 0.1) is 0 Å². The molecule has 96 valence electrons. The van der Waals surface area contributed by atoms with Crippen LogP contribution in [0.1, 0.15) is 30.3 Å². The predicted octanol–water partition coefficient (Wildman–Crippen LogP) is 3.46. The molecule has 1 saturated heterocycles. The van der Waals surface area contributed by atoms with Gasteiger partial charge in [-0.3, -0.25) is 4.79 Å². The van der Waals surface area contributed by atoms with Gasteiger partial charge in [0.25, 0.3) is 0 Å². The Balaban J connectivity index is 1.70. The first kappa shape index (κ1) is 11.9. The largest absolute Gasteiger partial charge is 0.359 e. The molecule has 19 heavy (non-hydrogen) atoms. The van der Waals surface area contributed by atoms with Gasteiger partial charge in [-0.25, -0.2) is 0 Å². The van der Waals surface area contributed by atoms with Crippen molar-refractivity contribution in [1.29, 1.82) is 0 Å². The lowest BCUT2D eigenvalue weighted by Crippen LogP contribution is -2.05. The Labute approximate surface area is 112 Å². The van der Waals surface area contributed by atoms with Crippen molar-refractivity contribution in [3.63, 3.8) is 0 Å². The van der Waals surface area contributed by atoms with Crippen molar-refractivity contribution in [1.82, 2.24) is 0 Å². The first-order chi connectivity index (χ1) is 9.24. The van der Waals surface area contributed by atoms with Gasteiger partial charge in [0.05, 0.1) is 0 Å². The molecule has 3 nitrogen and oxygen atoms in total. The monoisotopic (exact) mass is 253 g/mol. The van der Waals surface area contributed by atoms with Gasteiger partial charge >= 0.3 is 0 Å². The van der Waals surface area contributed by atoms with E-state index >= 15 is 0 Å². The summed E-state index contributed by atoms with van der Waals surface area (Å²) in [5, 5.41) is 2.75. The number of carbonyl (C=O) groups excluding carboxylic acids is 1. The smallest absolute Gasteiger partial charge is 0.221 e. The fourth-order valence-electron chi connectivity index (χ4n) is 2.22. The van der Waals surface area contributed by atoms with Crippen molar-refractivity contribution < 1.29 is 9.53 Å². The number of epoxide rings is 1. The van der Waals surface area contributed by atoms with Crippen LogP contribution in [0.25, 0.3) is 0 Å². The van der Waals surface area contributed by atoms with E-state index in [1.807, 2.05) is 42.5 Å². The number of benzene rings is 2. The Morgan fingerprint density at radius 1 is 0.947 bits per heavy atom. The highest BCUT2D eigenvalue weighted by Gasteiger charge is 2.41. The maximum absolute atomic E-state index is 10.9. The van der Waals surface area contributed by atoms with Gasteiger partial charge in [-0.2, -0.15) is 0 Å². The summed E-state index contributed by atoms with van der Waals surface area (Å²) < 4.78 is 5.72. The molecule has 1 heterocycles. The summed E-state index contributed by atoms with van der Waals surface area (Å²) in [5.41, 5.74) is 3.16. The fourth-order valence-corrected chi connectivity index (χ4v) is 2.22. The number of rotatable bonds is 3. The average Bonchev–Trinajstić information content (AvgIpc) is 3.20. The molecule has 0 saturated carbocycles. The summed E-state index contributed by atoms with van der Waals surface area (Å²) in [6.07, 6.45) is 0.293. The van der Waals surface area contributed by atoms with E-state index in [1.54, 1.807) is 0 Å². The standard InChI is InChI=1S/C16H15NO2/c1-11(18)17-14-9-7-13(8-10-14)16-15(19-16)12-5-3-2-4-6-12/h2-10,15-16H,1H3,(H,17,18). The number of hydrogen-bond donors (Lipinski definition) is 1. The van der Waals surface area contributed by atoms with Crippen molar-refractivity contribution in [2.45, 2.75) is 19.1 Å². The Morgan fingerprint density at radius 3 is 2.11 bits per heavy atom. The summed E-state index contributed by atoms with van der Waals surface area (Å²) in [6.45, 7) is 1.50. The topological polar surface area (TPSA) is 41.6 Å². The van der Waals surface area contributed by atoms with Crippen LogP contribution in [-0.4, -0.2) is 5.91 Å². The zero-order chi connectivity index (χ0) is 13.2. The van der Waals surface area contributed by atoms with Crippen LogP contribution in [0.3, 0.4) is 0 Å². The van der Waals surface area contributed by atoms with Crippen LogP contribution in [-0.2, 0) is 9.53 Å². The van der Waals surface area contributed by atoms with E-state index in [4.69, 9.17) is 4.74 Å². The zero-order valence-electron chi connectivity index (χ0n) is 10.7. The molecule has 2 aromatic rings. The number of ether oxygens (including phenoxy) is 1. The SMILES string of the molecule is CC(=O)Nc1ccc(C2OC2c2ccccc2)cc1. The highest BCUT2D eigenvalue weighted by atomic mass is 16.6. The third kappa shape index (κ3) is 2.66. The van der Waals surface area contributed by atoms with E-state index in [0.717, 1.165) is 11.3 Å². The number of carbonyl (C=O) groups is 1. The molecule has 3 heteroatoms. The van der Waals surface area contributed by atoms with Gasteiger partial charge in [0.2, 0.25) is 5.91 Å². The van der Waals surface area contributed by atoms with Gasteiger partial charge in [0.15, 0.2) is 0 Å². The number of anilines is 1. The number of hydrogen-bond acceptors (Lipinski definition) is 2. The van der Waals surface area contributed by atoms with Crippen LogP contribution in [0.5, 0.6) is 0 Å². The second-order valence-corrected chi connectivity index (χ2v) is 4.69. The molecule has 0 aromatic heterocycles. The van der Waals surface area contributed by atoms with Gasteiger partial charge in [-0.1, -0.05) is 42.5 Å². The molecule has 0 spiro atoms. The lowest BCUT2D eigenvalue weighted by atomic mass is 10.0. The van der Waals surface area contributed by atoms with Crippen molar-refractivity contribution in [3.8, 4) is 0 Å². The zero-order valence-corrected chi connectivity index (χ0v) is 10.7. The Morgan fingerprint density at radius 2 is 1.53 bits per heavy atom. The van der Waals surface area contributed by atoms with E-state index < -0.39 is 0 Å². The minimum atomic E-state index is -0.0578. The van der Waals surface area contributed by atoms with Crippen molar-refractivity contribution in [2.24, 2.45) is 0 Å². The molecule has 1 amide bonds. The average molecular weight is 253 g/mol. The van der Waals surface area contributed by atoms with Crippen LogP contribution in [0.2, 0.25) is 0 Å². The molecule has 1 aliphatic heterocycles. The van der Waals surface area contributed by atoms with E-state index in [1.165, 1.54) is 12.5 Å². The molecular weight excluding hydrogens is 238 g/mol. The quantitative estimate of drug-likeness (QED) is 0.851. The van der Waals surface area contributed by atoms with Crippen LogP contribution in [0.15, 0.2) is 54.6 Å². The Hall–Kier alpha value is -2.13. The molecule has 3 rings (SSSR count). The van der Waals surface area contributed by atoms with E-state index in [-0.39, 0.29) is 18.1 Å². The lowest BCUT2D eigenvalue weighted by Gasteiger charge is -2.02. The van der Waals surface area contributed by atoms with E-state index in [2.05, 4.69) is 17.4 Å². The molecule has 2 atom stereocenters. The molecule has 0 bridgehead atoms. The number of nitrogens with one attached hydrogen (secondary N) is 1. The third-order valence-electron chi connectivity index (χ3n) is 3.18. The minimum absolute atomic E-state index is 0.0578. The predicted molar refractivity (Wildman–Crippen MR) is 73.8 cm³/mol. The van der Waals surface area contributed by atoms with Crippen LogP contribution < -0.4 is 5.32 Å². The summed E-state index contributed by atoms with van der Waals surface area (Å²) in [5.74, 6) is -0.0578. The second-order valence-electron chi connectivity index (χ2n) is 4.69. The maximum Gasteiger partial charge on any atom is 0.221 e.